The Balaban J connectivity index is 1.75. The third-order valence-corrected chi connectivity index (χ3v) is 6.05. The van der Waals surface area contributed by atoms with Crippen LogP contribution in [0, 0.1) is 6.92 Å². The standard InChI is InChI=1S/C25H24N2O4S/c1-16-8-7-9-17(12-16)19-15-32-24(22(19)27-10-5-6-11-27)25(28)26-18-13-20(29-2)23(31-4)21(14-18)30-3/h5-15H,1-4H3,(H,26,28). The zero-order valence-electron chi connectivity index (χ0n) is 18.3. The quantitative estimate of drug-likeness (QED) is 0.389. The second kappa shape index (κ2) is 9.20. The van der Waals surface area contributed by atoms with Crippen LogP contribution in [0.15, 0.2) is 66.3 Å². The number of carbonyl (C=O) groups is 1. The third kappa shape index (κ3) is 4.07. The molecule has 0 spiro atoms. The molecule has 32 heavy (non-hydrogen) atoms. The molecule has 1 amide bonds. The number of hydrogen-bond donors (Lipinski definition) is 1. The van der Waals surface area contributed by atoms with E-state index in [1.165, 1.54) is 11.3 Å². The molecule has 0 fully saturated rings. The Kier molecular flexibility index (Phi) is 6.18. The van der Waals surface area contributed by atoms with E-state index in [1.54, 1.807) is 33.5 Å². The highest BCUT2D eigenvalue weighted by atomic mass is 32.1. The molecule has 0 bridgehead atoms. The summed E-state index contributed by atoms with van der Waals surface area (Å²) in [5.41, 5.74) is 4.63. The van der Waals surface area contributed by atoms with Gasteiger partial charge in [-0.2, -0.15) is 0 Å². The Morgan fingerprint density at radius 2 is 1.62 bits per heavy atom. The number of nitrogens with zero attached hydrogens (tertiary/aromatic N) is 1. The fraction of sp³-hybridized carbons (Fsp3) is 0.160. The van der Waals surface area contributed by atoms with E-state index in [4.69, 9.17) is 14.2 Å². The summed E-state index contributed by atoms with van der Waals surface area (Å²) < 4.78 is 18.1. The van der Waals surface area contributed by atoms with Crippen LogP contribution in [0.25, 0.3) is 16.8 Å². The first kappa shape index (κ1) is 21.5. The monoisotopic (exact) mass is 448 g/mol. The zero-order valence-corrected chi connectivity index (χ0v) is 19.2. The van der Waals surface area contributed by atoms with E-state index in [-0.39, 0.29) is 5.91 Å². The molecule has 2 aromatic carbocycles. The van der Waals surface area contributed by atoms with Crippen molar-refractivity contribution in [3.05, 3.63) is 76.7 Å². The molecule has 0 atom stereocenters. The molecule has 4 rings (SSSR count). The van der Waals surface area contributed by atoms with Gasteiger partial charge in [-0.1, -0.05) is 29.8 Å². The molecule has 1 N–H and O–H groups in total. The maximum Gasteiger partial charge on any atom is 0.267 e. The van der Waals surface area contributed by atoms with Crippen molar-refractivity contribution in [3.63, 3.8) is 0 Å². The number of hydrogen-bond acceptors (Lipinski definition) is 5. The summed E-state index contributed by atoms with van der Waals surface area (Å²) in [6.45, 7) is 2.06. The fourth-order valence-electron chi connectivity index (χ4n) is 3.61. The van der Waals surface area contributed by atoms with E-state index in [2.05, 4.69) is 30.4 Å². The number of ether oxygens (including phenoxy) is 3. The summed E-state index contributed by atoms with van der Waals surface area (Å²) in [6, 6.07) is 15.6. The largest absolute Gasteiger partial charge is 0.493 e. The molecular weight excluding hydrogens is 424 g/mol. The van der Waals surface area contributed by atoms with E-state index < -0.39 is 0 Å². The summed E-state index contributed by atoms with van der Waals surface area (Å²) in [5.74, 6) is 1.20. The molecule has 6 nitrogen and oxygen atoms in total. The molecule has 2 heterocycles. The molecule has 0 radical (unpaired) electrons. The normalized spacial score (nSPS) is 10.6. The van der Waals surface area contributed by atoms with Crippen molar-refractivity contribution in [1.82, 2.24) is 4.57 Å². The van der Waals surface area contributed by atoms with Gasteiger partial charge >= 0.3 is 0 Å². The van der Waals surface area contributed by atoms with Crippen LogP contribution in [0.5, 0.6) is 17.2 Å². The first-order chi connectivity index (χ1) is 15.5. The average Bonchev–Trinajstić information content (AvgIpc) is 3.48. The second-order valence-electron chi connectivity index (χ2n) is 7.16. The molecule has 0 aliphatic carbocycles. The Morgan fingerprint density at radius 3 is 2.22 bits per heavy atom. The zero-order chi connectivity index (χ0) is 22.7. The molecule has 2 aromatic heterocycles. The van der Waals surface area contributed by atoms with Crippen molar-refractivity contribution < 1.29 is 19.0 Å². The number of methoxy groups -OCH3 is 3. The third-order valence-electron chi connectivity index (χ3n) is 5.09. The molecule has 0 saturated heterocycles. The predicted octanol–water partition coefficient (Wildman–Crippen LogP) is 5.79. The van der Waals surface area contributed by atoms with Crippen LogP contribution in [-0.4, -0.2) is 31.8 Å². The molecule has 7 heteroatoms. The predicted molar refractivity (Wildman–Crippen MR) is 128 cm³/mol. The molecule has 164 valence electrons. The van der Waals surface area contributed by atoms with Crippen molar-refractivity contribution in [2.45, 2.75) is 6.92 Å². The van der Waals surface area contributed by atoms with E-state index >= 15 is 0 Å². The number of carbonyl (C=O) groups excluding carboxylic acids is 1. The van der Waals surface area contributed by atoms with Gasteiger partial charge in [0, 0.05) is 41.2 Å². The van der Waals surface area contributed by atoms with Crippen LogP contribution < -0.4 is 19.5 Å². The highest BCUT2D eigenvalue weighted by Crippen LogP contribution is 2.41. The van der Waals surface area contributed by atoms with Crippen molar-refractivity contribution in [2.24, 2.45) is 0 Å². The smallest absolute Gasteiger partial charge is 0.267 e. The van der Waals surface area contributed by atoms with E-state index in [1.807, 2.05) is 40.5 Å². The summed E-state index contributed by atoms with van der Waals surface area (Å²) in [4.78, 5) is 14.0. The number of aryl methyl sites for hydroxylation is 1. The highest BCUT2D eigenvalue weighted by molar-refractivity contribution is 7.13. The summed E-state index contributed by atoms with van der Waals surface area (Å²) in [5, 5.41) is 5.00. The SMILES string of the molecule is COc1cc(NC(=O)c2scc(-c3cccc(C)c3)c2-n2cccc2)cc(OC)c1OC. The van der Waals surface area contributed by atoms with Gasteiger partial charge < -0.3 is 24.1 Å². The van der Waals surface area contributed by atoms with Gasteiger partial charge in [0.15, 0.2) is 11.5 Å². The lowest BCUT2D eigenvalue weighted by atomic mass is 10.0. The van der Waals surface area contributed by atoms with Crippen molar-refractivity contribution in [1.29, 1.82) is 0 Å². The lowest BCUT2D eigenvalue weighted by Gasteiger charge is -2.15. The molecule has 0 unspecified atom stereocenters. The summed E-state index contributed by atoms with van der Waals surface area (Å²) in [6.07, 6.45) is 3.88. The second-order valence-corrected chi connectivity index (χ2v) is 8.03. The van der Waals surface area contributed by atoms with Gasteiger partial charge in [-0.05, 0) is 24.6 Å². The Hall–Kier alpha value is -3.71. The van der Waals surface area contributed by atoms with Gasteiger partial charge in [0.2, 0.25) is 5.75 Å². The van der Waals surface area contributed by atoms with Crippen LogP contribution in [0.2, 0.25) is 0 Å². The minimum Gasteiger partial charge on any atom is -0.493 e. The Bertz CT molecular complexity index is 1220. The molecule has 0 aliphatic rings. The minimum absolute atomic E-state index is 0.216. The van der Waals surface area contributed by atoms with Crippen molar-refractivity contribution >= 4 is 22.9 Å². The summed E-state index contributed by atoms with van der Waals surface area (Å²) >= 11 is 1.41. The maximum absolute atomic E-state index is 13.4. The maximum atomic E-state index is 13.4. The van der Waals surface area contributed by atoms with Gasteiger partial charge in [0.1, 0.15) is 4.88 Å². The lowest BCUT2D eigenvalue weighted by molar-refractivity contribution is 0.103. The Labute approximate surface area is 191 Å². The molecule has 0 saturated carbocycles. The first-order valence-electron chi connectivity index (χ1n) is 9.99. The van der Waals surface area contributed by atoms with E-state index in [0.717, 1.165) is 22.4 Å². The van der Waals surface area contributed by atoms with E-state index in [0.29, 0.717) is 27.8 Å². The molecule has 4 aromatic rings. The average molecular weight is 449 g/mol. The van der Waals surface area contributed by atoms with Gasteiger partial charge in [-0.25, -0.2) is 0 Å². The van der Waals surface area contributed by atoms with Gasteiger partial charge in [-0.3, -0.25) is 4.79 Å². The lowest BCUT2D eigenvalue weighted by Crippen LogP contribution is -2.13. The summed E-state index contributed by atoms with van der Waals surface area (Å²) in [7, 11) is 4.63. The number of anilines is 1. The number of amides is 1. The first-order valence-corrected chi connectivity index (χ1v) is 10.9. The van der Waals surface area contributed by atoms with Gasteiger partial charge in [0.05, 0.1) is 27.0 Å². The van der Waals surface area contributed by atoms with Gasteiger partial charge in [0.25, 0.3) is 5.91 Å². The fourth-order valence-corrected chi connectivity index (χ4v) is 4.58. The molecule has 0 aliphatic heterocycles. The van der Waals surface area contributed by atoms with Crippen molar-refractivity contribution in [3.8, 4) is 34.1 Å². The van der Waals surface area contributed by atoms with Crippen molar-refractivity contribution in [2.75, 3.05) is 26.6 Å². The van der Waals surface area contributed by atoms with Crippen LogP contribution >= 0.6 is 11.3 Å². The van der Waals surface area contributed by atoms with Gasteiger partial charge in [-0.15, -0.1) is 11.3 Å². The van der Waals surface area contributed by atoms with E-state index in [9.17, 15) is 4.79 Å². The van der Waals surface area contributed by atoms with Crippen LogP contribution in [0.3, 0.4) is 0 Å². The number of rotatable bonds is 7. The molecular formula is C25H24N2O4S. The topological polar surface area (TPSA) is 61.7 Å². The highest BCUT2D eigenvalue weighted by Gasteiger charge is 2.22. The number of thiophene rings is 1. The number of aromatic nitrogens is 1. The Morgan fingerprint density at radius 1 is 0.938 bits per heavy atom. The number of nitrogens with one attached hydrogen (secondary N) is 1. The van der Waals surface area contributed by atoms with Crippen LogP contribution in [0.4, 0.5) is 5.69 Å². The minimum atomic E-state index is -0.216. The number of benzene rings is 2. The van der Waals surface area contributed by atoms with Crippen LogP contribution in [0.1, 0.15) is 15.2 Å². The van der Waals surface area contributed by atoms with Crippen LogP contribution in [-0.2, 0) is 0 Å².